The summed E-state index contributed by atoms with van der Waals surface area (Å²) < 4.78 is 1.27. The van der Waals surface area contributed by atoms with E-state index < -0.39 is 11.2 Å². The second-order valence-corrected chi connectivity index (χ2v) is 5.11. The fourth-order valence-electron chi connectivity index (χ4n) is 1.44. The Morgan fingerprint density at radius 1 is 1.53 bits per heavy atom. The van der Waals surface area contributed by atoms with E-state index in [9.17, 15) is 14.4 Å². The molecule has 1 amide bonds. The SMILES string of the molecule is Cc1cnc(NC(=O)CCn2ccc(=O)[nH]c2=O)s1. The molecular weight excluding hydrogens is 268 g/mol. The van der Waals surface area contributed by atoms with Crippen molar-refractivity contribution in [3.8, 4) is 0 Å². The third-order valence-electron chi connectivity index (χ3n) is 2.34. The van der Waals surface area contributed by atoms with E-state index in [0.717, 1.165) is 4.88 Å². The molecule has 0 bridgehead atoms. The molecule has 2 aromatic heterocycles. The summed E-state index contributed by atoms with van der Waals surface area (Å²) in [6.45, 7) is 2.10. The standard InChI is InChI=1S/C11H12N4O3S/c1-7-6-12-10(19-7)13-8(16)2-4-15-5-3-9(17)14-11(15)18/h3,5-6H,2,4H2,1H3,(H,12,13,16)(H,14,17,18). The number of H-pyrrole nitrogens is 1. The lowest BCUT2D eigenvalue weighted by molar-refractivity contribution is -0.116. The molecule has 0 atom stereocenters. The van der Waals surface area contributed by atoms with E-state index in [0.29, 0.717) is 5.13 Å². The van der Waals surface area contributed by atoms with Crippen LogP contribution in [0, 0.1) is 6.92 Å². The number of hydrogen-bond donors (Lipinski definition) is 2. The number of hydrogen-bond acceptors (Lipinski definition) is 5. The van der Waals surface area contributed by atoms with E-state index in [2.05, 4.69) is 15.3 Å². The van der Waals surface area contributed by atoms with Crippen molar-refractivity contribution in [3.05, 3.63) is 44.2 Å². The summed E-state index contributed by atoms with van der Waals surface area (Å²) in [5, 5.41) is 3.18. The van der Waals surface area contributed by atoms with Gasteiger partial charge in [0.1, 0.15) is 0 Å². The molecule has 0 fully saturated rings. The summed E-state index contributed by atoms with van der Waals surface area (Å²) >= 11 is 1.38. The summed E-state index contributed by atoms with van der Waals surface area (Å²) in [5.41, 5.74) is -0.977. The summed E-state index contributed by atoms with van der Waals surface area (Å²) in [7, 11) is 0. The van der Waals surface area contributed by atoms with Crippen molar-refractivity contribution in [2.24, 2.45) is 0 Å². The highest BCUT2D eigenvalue weighted by Gasteiger charge is 2.06. The lowest BCUT2D eigenvalue weighted by Crippen LogP contribution is -2.29. The third-order valence-corrected chi connectivity index (χ3v) is 3.17. The van der Waals surface area contributed by atoms with Gasteiger partial charge in [0.2, 0.25) is 5.91 Å². The number of carbonyl (C=O) groups is 1. The number of aromatic nitrogens is 3. The first-order valence-electron chi connectivity index (χ1n) is 5.56. The number of aromatic amines is 1. The van der Waals surface area contributed by atoms with Crippen LogP contribution in [0.15, 0.2) is 28.0 Å². The van der Waals surface area contributed by atoms with Gasteiger partial charge in [-0.05, 0) is 6.92 Å². The zero-order valence-corrected chi connectivity index (χ0v) is 11.0. The normalized spacial score (nSPS) is 10.4. The second-order valence-electron chi connectivity index (χ2n) is 3.88. The number of rotatable bonds is 4. The van der Waals surface area contributed by atoms with Crippen LogP contribution in [0.2, 0.25) is 0 Å². The van der Waals surface area contributed by atoms with Crippen molar-refractivity contribution in [3.63, 3.8) is 0 Å². The van der Waals surface area contributed by atoms with Crippen molar-refractivity contribution in [2.45, 2.75) is 19.9 Å². The smallest absolute Gasteiger partial charge is 0.302 e. The van der Waals surface area contributed by atoms with Crippen molar-refractivity contribution in [1.29, 1.82) is 0 Å². The average Bonchev–Trinajstić information content (AvgIpc) is 2.73. The topological polar surface area (TPSA) is 96.8 Å². The average molecular weight is 280 g/mol. The number of carbonyl (C=O) groups excluding carboxylic acids is 1. The van der Waals surface area contributed by atoms with E-state index in [-0.39, 0.29) is 18.9 Å². The number of nitrogens with zero attached hydrogens (tertiary/aromatic N) is 2. The molecule has 0 saturated carbocycles. The Hall–Kier alpha value is -2.22. The van der Waals surface area contributed by atoms with E-state index in [1.807, 2.05) is 6.92 Å². The monoisotopic (exact) mass is 280 g/mol. The van der Waals surface area contributed by atoms with Gasteiger partial charge in [-0.15, -0.1) is 11.3 Å². The molecule has 2 heterocycles. The van der Waals surface area contributed by atoms with Crippen LogP contribution in [0.25, 0.3) is 0 Å². The number of aryl methyl sites for hydroxylation is 2. The molecule has 0 spiro atoms. The molecule has 0 aliphatic heterocycles. The first kappa shape index (κ1) is 13.2. The van der Waals surface area contributed by atoms with E-state index >= 15 is 0 Å². The predicted molar refractivity (Wildman–Crippen MR) is 71.4 cm³/mol. The van der Waals surface area contributed by atoms with Gasteiger partial charge in [0.25, 0.3) is 5.56 Å². The van der Waals surface area contributed by atoms with Crippen molar-refractivity contribution in [2.75, 3.05) is 5.32 Å². The van der Waals surface area contributed by atoms with Gasteiger partial charge in [0.15, 0.2) is 5.13 Å². The minimum atomic E-state index is -0.523. The highest BCUT2D eigenvalue weighted by atomic mass is 32.1. The maximum Gasteiger partial charge on any atom is 0.328 e. The van der Waals surface area contributed by atoms with E-state index in [4.69, 9.17) is 0 Å². The largest absolute Gasteiger partial charge is 0.328 e. The summed E-state index contributed by atoms with van der Waals surface area (Å²) in [5.74, 6) is -0.229. The molecular formula is C11H12N4O3S. The zero-order chi connectivity index (χ0) is 13.8. The van der Waals surface area contributed by atoms with Gasteiger partial charge in [-0.1, -0.05) is 0 Å². The number of thiazole rings is 1. The highest BCUT2D eigenvalue weighted by molar-refractivity contribution is 7.15. The maximum absolute atomic E-state index is 11.6. The Kier molecular flexibility index (Phi) is 3.91. The molecule has 0 aliphatic carbocycles. The molecule has 2 rings (SSSR count). The molecule has 7 nitrogen and oxygen atoms in total. The Labute approximate surface area is 111 Å². The Morgan fingerprint density at radius 3 is 2.95 bits per heavy atom. The highest BCUT2D eigenvalue weighted by Crippen LogP contribution is 2.16. The van der Waals surface area contributed by atoms with Crippen LogP contribution in [0.1, 0.15) is 11.3 Å². The van der Waals surface area contributed by atoms with Gasteiger partial charge in [-0.3, -0.25) is 14.6 Å². The molecule has 0 aliphatic rings. The van der Waals surface area contributed by atoms with E-state index in [1.54, 1.807) is 6.20 Å². The Balaban J connectivity index is 1.93. The first-order chi connectivity index (χ1) is 9.04. The van der Waals surface area contributed by atoms with Gasteiger partial charge in [0.05, 0.1) is 0 Å². The van der Waals surface area contributed by atoms with Gasteiger partial charge < -0.3 is 9.88 Å². The van der Waals surface area contributed by atoms with Crippen molar-refractivity contribution in [1.82, 2.24) is 14.5 Å². The zero-order valence-electron chi connectivity index (χ0n) is 10.2. The van der Waals surface area contributed by atoms with Crippen LogP contribution < -0.4 is 16.6 Å². The molecule has 8 heteroatoms. The Bertz CT molecular complexity index is 700. The molecule has 0 saturated heterocycles. The predicted octanol–water partition coefficient (Wildman–Crippen LogP) is 0.330. The molecule has 2 N–H and O–H groups in total. The number of anilines is 1. The first-order valence-corrected chi connectivity index (χ1v) is 6.38. The molecule has 100 valence electrons. The molecule has 0 aromatic carbocycles. The maximum atomic E-state index is 11.6. The summed E-state index contributed by atoms with van der Waals surface area (Å²) in [6, 6.07) is 1.24. The molecule has 19 heavy (non-hydrogen) atoms. The van der Waals surface area contributed by atoms with Crippen molar-refractivity contribution < 1.29 is 4.79 Å². The minimum absolute atomic E-state index is 0.130. The van der Waals surface area contributed by atoms with Crippen LogP contribution in [0.5, 0.6) is 0 Å². The van der Waals surface area contributed by atoms with Crippen LogP contribution in [-0.2, 0) is 11.3 Å². The number of amides is 1. The summed E-state index contributed by atoms with van der Waals surface area (Å²) in [4.78, 5) is 41.0. The lowest BCUT2D eigenvalue weighted by atomic mass is 10.4. The molecule has 0 unspecified atom stereocenters. The van der Waals surface area contributed by atoms with Crippen LogP contribution in [0.3, 0.4) is 0 Å². The fourth-order valence-corrected chi connectivity index (χ4v) is 2.12. The summed E-state index contributed by atoms with van der Waals surface area (Å²) in [6.07, 6.45) is 3.17. The molecule has 2 aromatic rings. The third kappa shape index (κ3) is 3.62. The van der Waals surface area contributed by atoms with Crippen molar-refractivity contribution >= 4 is 22.4 Å². The van der Waals surface area contributed by atoms with Crippen LogP contribution in [0.4, 0.5) is 5.13 Å². The fraction of sp³-hybridized carbons (Fsp3) is 0.273. The van der Waals surface area contributed by atoms with E-state index in [1.165, 1.54) is 28.2 Å². The van der Waals surface area contributed by atoms with Gasteiger partial charge in [-0.25, -0.2) is 9.78 Å². The van der Waals surface area contributed by atoms with Crippen LogP contribution in [-0.4, -0.2) is 20.4 Å². The second kappa shape index (κ2) is 5.61. The van der Waals surface area contributed by atoms with Gasteiger partial charge >= 0.3 is 5.69 Å². The van der Waals surface area contributed by atoms with Gasteiger partial charge in [0, 0.05) is 36.3 Å². The molecule has 0 radical (unpaired) electrons. The number of nitrogens with one attached hydrogen (secondary N) is 2. The Morgan fingerprint density at radius 2 is 2.32 bits per heavy atom. The van der Waals surface area contributed by atoms with Crippen LogP contribution >= 0.6 is 11.3 Å². The van der Waals surface area contributed by atoms with Gasteiger partial charge in [-0.2, -0.15) is 0 Å². The lowest BCUT2D eigenvalue weighted by Gasteiger charge is -2.04. The quantitative estimate of drug-likeness (QED) is 0.843. The minimum Gasteiger partial charge on any atom is -0.302 e.